The van der Waals surface area contributed by atoms with Crippen molar-refractivity contribution >= 4 is 21.6 Å². The Morgan fingerprint density at radius 3 is 1.48 bits per heavy atom. The predicted octanol–water partition coefficient (Wildman–Crippen LogP) is 14.2. The van der Waals surface area contributed by atoms with Gasteiger partial charge in [0.2, 0.25) is 0 Å². The van der Waals surface area contributed by atoms with Crippen molar-refractivity contribution in [3.63, 3.8) is 0 Å². The predicted molar refractivity (Wildman–Crippen MR) is 223 cm³/mol. The molecule has 0 spiro atoms. The maximum atomic E-state index is 6.33. The lowest BCUT2D eigenvalue weighted by Crippen LogP contribution is -2.23. The Morgan fingerprint density at radius 1 is 0.500 bits per heavy atom. The van der Waals surface area contributed by atoms with Crippen LogP contribution in [0, 0.1) is 0 Å². The van der Waals surface area contributed by atoms with Gasteiger partial charge >= 0.3 is 0 Å². The van der Waals surface area contributed by atoms with Crippen LogP contribution in [-0.2, 0) is 9.47 Å². The van der Waals surface area contributed by atoms with Gasteiger partial charge in [0.05, 0.1) is 12.7 Å². The van der Waals surface area contributed by atoms with E-state index in [2.05, 4.69) is 69.3 Å². The molecule has 0 saturated carbocycles. The maximum Gasteiger partial charge on any atom is 0.0906 e. The summed E-state index contributed by atoms with van der Waals surface area (Å²) in [5.74, 6) is 2.18. The van der Waals surface area contributed by atoms with Crippen molar-refractivity contribution in [2.45, 2.75) is 187 Å². The first-order chi connectivity index (χ1) is 23.7. The number of allylic oxidation sites excluding steroid dienone is 6. The van der Waals surface area contributed by atoms with Crippen LogP contribution >= 0.6 is 21.6 Å². The highest BCUT2D eigenvalue weighted by molar-refractivity contribution is 8.76. The fourth-order valence-electron chi connectivity index (χ4n) is 5.55. The van der Waals surface area contributed by atoms with E-state index in [9.17, 15) is 0 Å². The number of ether oxygens (including phenoxy) is 2. The highest BCUT2D eigenvalue weighted by atomic mass is 33.1. The number of rotatable bonds is 40. The minimum atomic E-state index is 0.217. The zero-order valence-corrected chi connectivity index (χ0v) is 34.4. The number of nitrogens with zero attached hydrogens (tertiary/aromatic N) is 1. The molecule has 1 unspecified atom stereocenters. The summed E-state index contributed by atoms with van der Waals surface area (Å²) in [6.07, 6.45) is 48.7. The van der Waals surface area contributed by atoms with E-state index in [0.29, 0.717) is 0 Å². The average Bonchev–Trinajstić information content (AvgIpc) is 3.08. The lowest BCUT2D eigenvalue weighted by Gasteiger charge is -2.18. The van der Waals surface area contributed by atoms with Crippen LogP contribution in [0.2, 0.25) is 0 Å². The summed E-state index contributed by atoms with van der Waals surface area (Å²) in [6.45, 7) is 8.18. The van der Waals surface area contributed by atoms with Gasteiger partial charge in [-0.1, -0.05) is 168 Å². The molecule has 3 nitrogen and oxygen atoms in total. The lowest BCUT2D eigenvalue weighted by molar-refractivity contribution is -0.00609. The molecular formula is C43H83NO2S2. The molecule has 0 fully saturated rings. The third-order valence-electron chi connectivity index (χ3n) is 8.76. The third-order valence-corrected chi connectivity index (χ3v) is 11.2. The van der Waals surface area contributed by atoms with Gasteiger partial charge in [-0.25, -0.2) is 0 Å². The fourth-order valence-corrected chi connectivity index (χ4v) is 7.87. The zero-order chi connectivity index (χ0) is 34.9. The second-order valence-corrected chi connectivity index (χ2v) is 16.6. The summed E-state index contributed by atoms with van der Waals surface area (Å²) in [5.41, 5.74) is 0. The number of hydrogen-bond acceptors (Lipinski definition) is 5. The first kappa shape index (κ1) is 47.8. The number of unbranched alkanes of at least 4 members (excludes halogenated alkanes) is 21. The highest BCUT2D eigenvalue weighted by Gasteiger charge is 2.10. The Labute approximate surface area is 310 Å². The molecule has 0 aliphatic carbocycles. The van der Waals surface area contributed by atoms with Crippen molar-refractivity contribution in [2.24, 2.45) is 0 Å². The minimum Gasteiger partial charge on any atom is -0.379 e. The number of hydrogen-bond donors (Lipinski definition) is 0. The molecule has 0 bridgehead atoms. The normalized spacial score (nSPS) is 12.9. The van der Waals surface area contributed by atoms with E-state index < -0.39 is 0 Å². The van der Waals surface area contributed by atoms with E-state index >= 15 is 0 Å². The zero-order valence-electron chi connectivity index (χ0n) is 32.7. The van der Waals surface area contributed by atoms with Crippen LogP contribution in [-0.4, -0.2) is 63.0 Å². The monoisotopic (exact) mass is 710 g/mol. The molecular weight excluding hydrogens is 627 g/mol. The quantitative estimate of drug-likeness (QED) is 0.0358. The molecule has 1 atom stereocenters. The van der Waals surface area contributed by atoms with Gasteiger partial charge in [0.15, 0.2) is 0 Å². The minimum absolute atomic E-state index is 0.217. The van der Waals surface area contributed by atoms with Crippen LogP contribution in [0.25, 0.3) is 0 Å². The summed E-state index contributed by atoms with van der Waals surface area (Å²) in [4.78, 5) is 2.26. The Hall–Kier alpha value is -0.200. The summed E-state index contributed by atoms with van der Waals surface area (Å²) < 4.78 is 12.5. The Balaban J connectivity index is 3.81. The van der Waals surface area contributed by atoms with Crippen LogP contribution < -0.4 is 0 Å². The van der Waals surface area contributed by atoms with Gasteiger partial charge in [-0.2, -0.15) is 0 Å². The molecule has 0 aromatic carbocycles. The first-order valence-corrected chi connectivity index (χ1v) is 23.2. The van der Waals surface area contributed by atoms with Gasteiger partial charge in [0.1, 0.15) is 0 Å². The van der Waals surface area contributed by atoms with Crippen LogP contribution in [0.3, 0.4) is 0 Å². The van der Waals surface area contributed by atoms with Crippen molar-refractivity contribution in [2.75, 3.05) is 52.0 Å². The molecule has 0 heterocycles. The molecule has 0 aromatic rings. The fraction of sp³-hybridized carbons (Fsp3) is 0.860. The Kier molecular flexibility index (Phi) is 42.8. The summed E-state index contributed by atoms with van der Waals surface area (Å²) in [6, 6.07) is 0. The standard InChI is InChI=1S/C43H83NO2S2/c1-5-7-9-11-13-15-17-19-21-23-25-27-29-31-33-35-38-45-41-43(42-48-47-40-37-44(3)4)46-39-36-34-32-30-28-26-24-22-20-18-16-14-12-10-8-6-2/h13,15,19-22,43H,5-12,14,16-18,23-42H2,1-4H3/b15-13-,21-19-,22-20-. The van der Waals surface area contributed by atoms with Crippen LogP contribution in [0.1, 0.15) is 181 Å². The largest absolute Gasteiger partial charge is 0.379 e. The Bertz CT molecular complexity index is 682. The van der Waals surface area contributed by atoms with Gasteiger partial charge in [0.25, 0.3) is 0 Å². The van der Waals surface area contributed by atoms with Gasteiger partial charge in [-0.15, -0.1) is 0 Å². The third kappa shape index (κ3) is 42.0. The maximum absolute atomic E-state index is 6.33. The van der Waals surface area contributed by atoms with E-state index in [1.54, 1.807) is 0 Å². The topological polar surface area (TPSA) is 21.7 Å². The van der Waals surface area contributed by atoms with Crippen molar-refractivity contribution in [3.8, 4) is 0 Å². The van der Waals surface area contributed by atoms with E-state index in [0.717, 1.165) is 44.3 Å². The second kappa shape index (κ2) is 43.0. The smallest absolute Gasteiger partial charge is 0.0906 e. The molecule has 5 heteroatoms. The van der Waals surface area contributed by atoms with E-state index in [1.165, 1.54) is 161 Å². The van der Waals surface area contributed by atoms with Gasteiger partial charge < -0.3 is 14.4 Å². The van der Waals surface area contributed by atoms with E-state index in [4.69, 9.17) is 9.47 Å². The van der Waals surface area contributed by atoms with Gasteiger partial charge in [-0.3, -0.25) is 0 Å². The molecule has 0 rings (SSSR count). The van der Waals surface area contributed by atoms with Crippen LogP contribution in [0.5, 0.6) is 0 Å². The van der Waals surface area contributed by atoms with Crippen molar-refractivity contribution in [1.29, 1.82) is 0 Å². The highest BCUT2D eigenvalue weighted by Crippen LogP contribution is 2.23. The first-order valence-electron chi connectivity index (χ1n) is 20.7. The lowest BCUT2D eigenvalue weighted by atomic mass is 10.1. The van der Waals surface area contributed by atoms with Crippen molar-refractivity contribution < 1.29 is 9.47 Å². The molecule has 0 amide bonds. The molecule has 284 valence electrons. The van der Waals surface area contributed by atoms with Gasteiger partial charge in [0, 0.05) is 31.3 Å². The van der Waals surface area contributed by atoms with E-state index in [1.807, 2.05) is 21.6 Å². The van der Waals surface area contributed by atoms with Crippen molar-refractivity contribution in [1.82, 2.24) is 4.90 Å². The van der Waals surface area contributed by atoms with Gasteiger partial charge in [-0.05, 0) is 84.7 Å². The molecule has 0 aromatic heterocycles. The van der Waals surface area contributed by atoms with E-state index in [-0.39, 0.29) is 6.10 Å². The molecule has 0 aliphatic rings. The van der Waals surface area contributed by atoms with Crippen LogP contribution in [0.4, 0.5) is 0 Å². The molecule has 0 saturated heterocycles. The molecule has 0 aliphatic heterocycles. The second-order valence-electron chi connectivity index (χ2n) is 14.0. The Morgan fingerprint density at radius 2 is 0.938 bits per heavy atom. The molecule has 48 heavy (non-hydrogen) atoms. The summed E-state index contributed by atoms with van der Waals surface area (Å²) in [7, 11) is 8.22. The molecule has 0 N–H and O–H groups in total. The SMILES string of the molecule is CCCCC/C=C\C/C=C\CCCCCCCCOCC(CSSCCN(C)C)OCCCCCCCC/C=C\CCCCCCCC. The summed E-state index contributed by atoms with van der Waals surface area (Å²) >= 11 is 0. The molecule has 0 radical (unpaired) electrons. The summed E-state index contributed by atoms with van der Waals surface area (Å²) in [5, 5.41) is 0. The van der Waals surface area contributed by atoms with Crippen molar-refractivity contribution in [3.05, 3.63) is 36.5 Å². The average molecular weight is 710 g/mol. The van der Waals surface area contributed by atoms with Crippen LogP contribution in [0.15, 0.2) is 36.5 Å².